The van der Waals surface area contributed by atoms with Gasteiger partial charge in [-0.15, -0.1) is 0 Å². The van der Waals surface area contributed by atoms with Gasteiger partial charge in [0.15, 0.2) is 0 Å². The molecule has 0 N–H and O–H groups in total. The maximum Gasteiger partial charge on any atom is 0.329 e. The Kier molecular flexibility index (Phi) is 5.35. The molecule has 0 atom stereocenters. The minimum atomic E-state index is -3.80. The van der Waals surface area contributed by atoms with E-state index in [1.54, 1.807) is 42.5 Å². The van der Waals surface area contributed by atoms with Crippen molar-refractivity contribution >= 4 is 33.7 Å². The van der Waals surface area contributed by atoms with Crippen LogP contribution >= 0.6 is 11.9 Å². The Labute approximate surface area is 134 Å². The molecule has 0 fully saturated rings. The molecule has 0 saturated heterocycles. The second-order valence-electron chi connectivity index (χ2n) is 4.46. The van der Waals surface area contributed by atoms with Crippen molar-refractivity contribution in [3.8, 4) is 0 Å². The maximum absolute atomic E-state index is 12.7. The van der Waals surface area contributed by atoms with E-state index in [0.717, 1.165) is 0 Å². The zero-order valence-corrected chi connectivity index (χ0v) is 13.0. The summed E-state index contributed by atoms with van der Waals surface area (Å²) in [4.78, 5) is 11.5. The predicted molar refractivity (Wildman–Crippen MR) is 84.6 cm³/mol. The lowest BCUT2D eigenvalue weighted by Crippen LogP contribution is -2.10. The second kappa shape index (κ2) is 7.24. The zero-order valence-electron chi connectivity index (χ0n) is 11.5. The third-order valence-corrected chi connectivity index (χ3v) is 4.95. The monoisotopic (exact) mass is 336 g/mol. The van der Waals surface area contributed by atoms with E-state index < -0.39 is 22.2 Å². The van der Waals surface area contributed by atoms with Crippen LogP contribution < -0.4 is 0 Å². The number of sulfone groups is 1. The molecule has 2 rings (SSSR count). The molecule has 4 nitrogen and oxygen atoms in total. The molecule has 0 aliphatic carbocycles. The molecule has 2 aromatic carbocycles. The number of hydrogen-bond donors (Lipinski definition) is 0. The van der Waals surface area contributed by atoms with Gasteiger partial charge in [0.05, 0.1) is 16.2 Å². The molecule has 0 radical (unpaired) electrons. The Morgan fingerprint density at radius 3 is 2.09 bits per heavy atom. The highest BCUT2D eigenvalue weighted by molar-refractivity contribution is 7.95. The van der Waals surface area contributed by atoms with Crippen molar-refractivity contribution < 1.29 is 17.5 Å². The van der Waals surface area contributed by atoms with Crippen molar-refractivity contribution in [3.63, 3.8) is 0 Å². The fourth-order valence-electron chi connectivity index (χ4n) is 1.88. The molecule has 0 aliphatic rings. The van der Waals surface area contributed by atoms with Gasteiger partial charge < -0.3 is 4.29 Å². The van der Waals surface area contributed by atoms with Crippen molar-refractivity contribution in [3.05, 3.63) is 71.1 Å². The van der Waals surface area contributed by atoms with Crippen LogP contribution in [0.25, 0.3) is 6.08 Å². The molecule has 6 heteroatoms. The average Bonchev–Trinajstić information content (AvgIpc) is 2.56. The van der Waals surface area contributed by atoms with Gasteiger partial charge in [-0.3, -0.25) is 4.79 Å². The van der Waals surface area contributed by atoms with E-state index in [1.165, 1.54) is 18.2 Å². The molecule has 114 valence electrons. The first-order chi connectivity index (χ1) is 10.5. The van der Waals surface area contributed by atoms with Crippen molar-refractivity contribution in [2.24, 2.45) is 0 Å². The lowest BCUT2D eigenvalue weighted by Gasteiger charge is -2.08. The molecular formula is C16H13ClO4S. The van der Waals surface area contributed by atoms with Crippen molar-refractivity contribution in [1.82, 2.24) is 0 Å². The molecule has 2 aromatic rings. The average molecular weight is 337 g/mol. The van der Waals surface area contributed by atoms with E-state index in [1.807, 2.05) is 6.07 Å². The summed E-state index contributed by atoms with van der Waals surface area (Å²) in [6, 6.07) is 16.7. The van der Waals surface area contributed by atoms with E-state index in [4.69, 9.17) is 11.9 Å². The molecular weight excluding hydrogens is 324 g/mol. The van der Waals surface area contributed by atoms with Crippen LogP contribution in [0.15, 0.2) is 70.5 Å². The van der Waals surface area contributed by atoms with E-state index >= 15 is 0 Å². The fraction of sp³-hybridized carbons (Fsp3) is 0.0625. The molecule has 0 saturated carbocycles. The standard InChI is InChI=1S/C16H13ClO4S/c17-21-16(18)12-15(11-13-7-3-1-4-8-13)22(19,20)14-9-5-2-6-10-14/h1-11H,12H2. The zero-order chi connectivity index (χ0) is 16.0. The van der Waals surface area contributed by atoms with Crippen LogP contribution in [0.4, 0.5) is 0 Å². The second-order valence-corrected chi connectivity index (χ2v) is 6.62. The van der Waals surface area contributed by atoms with Gasteiger partial charge in [-0.05, 0) is 23.8 Å². The summed E-state index contributed by atoms with van der Waals surface area (Å²) in [7, 11) is -3.80. The van der Waals surface area contributed by atoms with Crippen molar-refractivity contribution in [1.29, 1.82) is 0 Å². The van der Waals surface area contributed by atoms with Gasteiger partial charge in [0.2, 0.25) is 9.84 Å². The SMILES string of the molecule is O=C(CC(=Cc1ccccc1)S(=O)(=O)c1ccccc1)OCl. The molecule has 0 heterocycles. The molecule has 22 heavy (non-hydrogen) atoms. The van der Waals surface area contributed by atoms with Crippen LogP contribution in [0.2, 0.25) is 0 Å². The van der Waals surface area contributed by atoms with Crippen LogP contribution in [-0.2, 0) is 18.9 Å². The highest BCUT2D eigenvalue weighted by Gasteiger charge is 2.23. The van der Waals surface area contributed by atoms with Crippen molar-refractivity contribution in [2.75, 3.05) is 0 Å². The quantitative estimate of drug-likeness (QED) is 0.837. The summed E-state index contributed by atoms with van der Waals surface area (Å²) < 4.78 is 29.4. The number of halogens is 1. The summed E-state index contributed by atoms with van der Waals surface area (Å²) in [6.07, 6.45) is 1.01. The Hall–Kier alpha value is -2.11. The number of hydrogen-bond acceptors (Lipinski definition) is 4. The predicted octanol–water partition coefficient (Wildman–Crippen LogP) is 3.59. The summed E-state index contributed by atoms with van der Waals surface area (Å²) in [5.74, 6) is -0.830. The number of rotatable bonds is 5. The lowest BCUT2D eigenvalue weighted by atomic mass is 10.2. The summed E-state index contributed by atoms with van der Waals surface area (Å²) >= 11 is 5.02. The van der Waals surface area contributed by atoms with Crippen LogP contribution in [0.5, 0.6) is 0 Å². The van der Waals surface area contributed by atoms with Gasteiger partial charge in [-0.1, -0.05) is 48.5 Å². The van der Waals surface area contributed by atoms with Gasteiger partial charge in [0, 0.05) is 0 Å². The van der Waals surface area contributed by atoms with E-state index in [0.29, 0.717) is 5.56 Å². The first-order valence-electron chi connectivity index (χ1n) is 6.41. The molecule has 0 bridgehead atoms. The fourth-order valence-corrected chi connectivity index (χ4v) is 3.35. The van der Waals surface area contributed by atoms with Crippen LogP contribution in [-0.4, -0.2) is 14.4 Å². The topological polar surface area (TPSA) is 60.4 Å². The Balaban J connectivity index is 2.49. The smallest absolute Gasteiger partial charge is 0.329 e. The molecule has 0 spiro atoms. The largest absolute Gasteiger partial charge is 0.347 e. The van der Waals surface area contributed by atoms with Crippen LogP contribution in [0, 0.1) is 0 Å². The van der Waals surface area contributed by atoms with E-state index in [2.05, 4.69) is 4.29 Å². The van der Waals surface area contributed by atoms with Gasteiger partial charge in [0.25, 0.3) is 0 Å². The number of carbonyl (C=O) groups excluding carboxylic acids is 1. The molecule has 0 aliphatic heterocycles. The first kappa shape index (κ1) is 16.3. The Morgan fingerprint density at radius 1 is 1.00 bits per heavy atom. The molecule has 0 amide bonds. The van der Waals surface area contributed by atoms with Crippen LogP contribution in [0.3, 0.4) is 0 Å². The van der Waals surface area contributed by atoms with Gasteiger partial charge >= 0.3 is 5.97 Å². The number of benzene rings is 2. The highest BCUT2D eigenvalue weighted by Crippen LogP contribution is 2.24. The van der Waals surface area contributed by atoms with Crippen LogP contribution in [0.1, 0.15) is 12.0 Å². The third-order valence-electron chi connectivity index (χ3n) is 2.93. The normalized spacial score (nSPS) is 12.0. The third kappa shape index (κ3) is 3.96. The lowest BCUT2D eigenvalue weighted by molar-refractivity contribution is -0.133. The summed E-state index contributed by atoms with van der Waals surface area (Å²) in [5, 5.41) is 0. The van der Waals surface area contributed by atoms with Crippen molar-refractivity contribution in [2.45, 2.75) is 11.3 Å². The minimum absolute atomic E-state index is 0.0736. The first-order valence-corrected chi connectivity index (χ1v) is 8.20. The van der Waals surface area contributed by atoms with E-state index in [9.17, 15) is 13.2 Å². The Bertz CT molecular complexity index is 768. The minimum Gasteiger partial charge on any atom is -0.347 e. The molecule has 0 unspecified atom stereocenters. The Morgan fingerprint density at radius 2 is 1.55 bits per heavy atom. The summed E-state index contributed by atoms with van der Waals surface area (Å²) in [6.45, 7) is 0. The summed E-state index contributed by atoms with van der Waals surface area (Å²) in [5.41, 5.74) is 0.666. The molecule has 0 aromatic heterocycles. The maximum atomic E-state index is 12.7. The van der Waals surface area contributed by atoms with E-state index in [-0.39, 0.29) is 9.80 Å². The van der Waals surface area contributed by atoms with Gasteiger partial charge in [-0.2, -0.15) is 0 Å². The number of carbonyl (C=O) groups is 1. The van der Waals surface area contributed by atoms with Gasteiger partial charge in [0.1, 0.15) is 11.9 Å². The van der Waals surface area contributed by atoms with Gasteiger partial charge in [-0.25, -0.2) is 8.42 Å². The highest BCUT2D eigenvalue weighted by atomic mass is 35.5.